The van der Waals surface area contributed by atoms with Gasteiger partial charge in [0.05, 0.1) is 0 Å². The van der Waals surface area contributed by atoms with E-state index >= 15 is 0 Å². The number of piperidine rings is 1. The third-order valence-electron chi connectivity index (χ3n) is 4.45. The summed E-state index contributed by atoms with van der Waals surface area (Å²) in [6.45, 7) is 2.26. The lowest BCUT2D eigenvalue weighted by Crippen LogP contribution is -2.29. The fourth-order valence-corrected chi connectivity index (χ4v) is 3.31. The lowest BCUT2D eigenvalue weighted by molar-refractivity contribution is -0.116. The zero-order valence-corrected chi connectivity index (χ0v) is 14.6. The Balaban J connectivity index is 1.52. The van der Waals surface area contributed by atoms with Gasteiger partial charge in [-0.1, -0.05) is 29.8 Å². The fraction of sp³-hybridized carbons (Fsp3) is 0.350. The Morgan fingerprint density at radius 3 is 2.42 bits per heavy atom. The summed E-state index contributed by atoms with van der Waals surface area (Å²) >= 11 is 6.12. The molecule has 1 aliphatic heterocycles. The van der Waals surface area contributed by atoms with Crippen LogP contribution >= 0.6 is 11.6 Å². The molecule has 1 N–H and O–H groups in total. The molecule has 0 radical (unpaired) electrons. The molecular formula is C20H23ClN2O. The summed E-state index contributed by atoms with van der Waals surface area (Å²) < 4.78 is 0. The van der Waals surface area contributed by atoms with Crippen LogP contribution in [0.15, 0.2) is 48.5 Å². The summed E-state index contributed by atoms with van der Waals surface area (Å²) in [7, 11) is 0. The van der Waals surface area contributed by atoms with Crippen LogP contribution in [0.4, 0.5) is 11.4 Å². The van der Waals surface area contributed by atoms with Gasteiger partial charge in [0.1, 0.15) is 0 Å². The summed E-state index contributed by atoms with van der Waals surface area (Å²) in [6.07, 6.45) is 4.94. The highest BCUT2D eigenvalue weighted by Gasteiger charge is 2.11. The normalized spacial score (nSPS) is 14.5. The molecule has 0 atom stereocenters. The monoisotopic (exact) mass is 342 g/mol. The van der Waals surface area contributed by atoms with E-state index in [-0.39, 0.29) is 5.91 Å². The van der Waals surface area contributed by atoms with Crippen LogP contribution in [0.1, 0.15) is 31.2 Å². The third kappa shape index (κ3) is 4.51. The molecule has 2 aromatic carbocycles. The number of carbonyl (C=O) groups is 1. The van der Waals surface area contributed by atoms with E-state index in [2.05, 4.69) is 22.3 Å². The Kier molecular flexibility index (Phi) is 5.76. The van der Waals surface area contributed by atoms with Crippen molar-refractivity contribution in [2.45, 2.75) is 32.1 Å². The number of hydrogen-bond donors (Lipinski definition) is 1. The second-order valence-corrected chi connectivity index (χ2v) is 6.64. The fourth-order valence-electron chi connectivity index (χ4n) is 3.08. The number of aryl methyl sites for hydroxylation is 1. The molecule has 0 aliphatic carbocycles. The van der Waals surface area contributed by atoms with E-state index in [0.29, 0.717) is 12.8 Å². The van der Waals surface area contributed by atoms with E-state index in [1.165, 1.54) is 24.9 Å². The molecule has 1 amide bonds. The van der Waals surface area contributed by atoms with Crippen LogP contribution < -0.4 is 10.2 Å². The number of halogens is 1. The topological polar surface area (TPSA) is 32.3 Å². The summed E-state index contributed by atoms with van der Waals surface area (Å²) in [5.41, 5.74) is 3.10. The van der Waals surface area contributed by atoms with Crippen LogP contribution in [0.2, 0.25) is 5.02 Å². The maximum Gasteiger partial charge on any atom is 0.224 e. The molecule has 3 rings (SSSR count). The molecule has 3 nitrogen and oxygen atoms in total. The molecule has 1 saturated heterocycles. The predicted molar refractivity (Wildman–Crippen MR) is 101 cm³/mol. The van der Waals surface area contributed by atoms with E-state index in [0.717, 1.165) is 29.4 Å². The van der Waals surface area contributed by atoms with E-state index in [1.807, 2.05) is 36.4 Å². The molecule has 1 heterocycles. The van der Waals surface area contributed by atoms with E-state index in [4.69, 9.17) is 11.6 Å². The van der Waals surface area contributed by atoms with Crippen molar-refractivity contribution in [1.82, 2.24) is 0 Å². The lowest BCUT2D eigenvalue weighted by Gasteiger charge is -2.28. The maximum absolute atomic E-state index is 12.1. The molecule has 0 aromatic heterocycles. The van der Waals surface area contributed by atoms with Gasteiger partial charge in [-0.05, 0) is 61.6 Å². The molecule has 1 aliphatic rings. The molecule has 2 aromatic rings. The van der Waals surface area contributed by atoms with Crippen molar-refractivity contribution in [3.05, 3.63) is 59.1 Å². The first-order valence-electron chi connectivity index (χ1n) is 8.60. The van der Waals surface area contributed by atoms with Gasteiger partial charge in [-0.15, -0.1) is 0 Å². The van der Waals surface area contributed by atoms with E-state index < -0.39 is 0 Å². The van der Waals surface area contributed by atoms with Gasteiger partial charge in [0.15, 0.2) is 0 Å². The van der Waals surface area contributed by atoms with Crippen LogP contribution in [0, 0.1) is 0 Å². The minimum Gasteiger partial charge on any atom is -0.372 e. The molecular weight excluding hydrogens is 320 g/mol. The molecule has 0 spiro atoms. The van der Waals surface area contributed by atoms with Gasteiger partial charge in [-0.2, -0.15) is 0 Å². The van der Waals surface area contributed by atoms with Gasteiger partial charge >= 0.3 is 0 Å². The molecule has 24 heavy (non-hydrogen) atoms. The quantitative estimate of drug-likeness (QED) is 0.838. The molecule has 0 unspecified atom stereocenters. The van der Waals surface area contributed by atoms with Crippen LogP contribution in [-0.4, -0.2) is 19.0 Å². The van der Waals surface area contributed by atoms with E-state index in [9.17, 15) is 4.79 Å². The maximum atomic E-state index is 12.1. The Morgan fingerprint density at radius 1 is 1.00 bits per heavy atom. The number of hydrogen-bond acceptors (Lipinski definition) is 2. The van der Waals surface area contributed by atoms with E-state index in [1.54, 1.807) is 0 Å². The number of anilines is 2. The standard InChI is InChI=1S/C20H23ClN2O/c21-19-7-3-2-6-16(19)8-13-20(24)22-17-9-11-18(12-10-17)23-14-4-1-5-15-23/h2-3,6-7,9-12H,1,4-5,8,13-15H2,(H,22,24). The summed E-state index contributed by atoms with van der Waals surface area (Å²) in [5, 5.41) is 3.68. The second kappa shape index (κ2) is 8.20. The summed E-state index contributed by atoms with van der Waals surface area (Å²) in [4.78, 5) is 14.5. The van der Waals surface area contributed by atoms with Crippen LogP contribution in [0.5, 0.6) is 0 Å². The highest BCUT2D eigenvalue weighted by molar-refractivity contribution is 6.31. The zero-order chi connectivity index (χ0) is 16.8. The molecule has 0 saturated carbocycles. The van der Waals surface area contributed by atoms with Gasteiger partial charge < -0.3 is 10.2 Å². The van der Waals surface area contributed by atoms with Crippen molar-refractivity contribution in [3.8, 4) is 0 Å². The van der Waals surface area contributed by atoms with Crippen molar-refractivity contribution in [3.63, 3.8) is 0 Å². The van der Waals surface area contributed by atoms with Gasteiger partial charge in [-0.25, -0.2) is 0 Å². The number of amides is 1. The third-order valence-corrected chi connectivity index (χ3v) is 4.82. The Bertz CT molecular complexity index is 678. The molecule has 4 heteroatoms. The number of carbonyl (C=O) groups excluding carboxylic acids is 1. The first-order valence-corrected chi connectivity index (χ1v) is 8.98. The molecule has 0 bridgehead atoms. The predicted octanol–water partition coefficient (Wildman–Crippen LogP) is 4.90. The van der Waals surface area contributed by atoms with Crippen molar-refractivity contribution < 1.29 is 4.79 Å². The average molecular weight is 343 g/mol. The lowest BCUT2D eigenvalue weighted by atomic mass is 10.1. The van der Waals surface area contributed by atoms with Gasteiger partial charge in [-0.3, -0.25) is 4.79 Å². The minimum absolute atomic E-state index is 0.0145. The van der Waals surface area contributed by atoms with Gasteiger partial charge in [0.2, 0.25) is 5.91 Å². The first kappa shape index (κ1) is 16.8. The van der Waals surface area contributed by atoms with Gasteiger partial charge in [0.25, 0.3) is 0 Å². The first-order chi connectivity index (χ1) is 11.7. The average Bonchev–Trinajstić information content (AvgIpc) is 2.62. The minimum atomic E-state index is 0.0145. The number of nitrogens with one attached hydrogen (secondary N) is 1. The SMILES string of the molecule is O=C(CCc1ccccc1Cl)Nc1ccc(N2CCCCC2)cc1. The number of rotatable bonds is 5. The smallest absolute Gasteiger partial charge is 0.224 e. The number of benzene rings is 2. The molecule has 126 valence electrons. The van der Waals surface area contributed by atoms with Crippen molar-refractivity contribution in [2.24, 2.45) is 0 Å². The van der Waals surface area contributed by atoms with Gasteiger partial charge in [0, 0.05) is 35.9 Å². The molecule has 1 fully saturated rings. The van der Waals surface area contributed by atoms with Crippen molar-refractivity contribution >= 4 is 28.9 Å². The largest absolute Gasteiger partial charge is 0.372 e. The summed E-state index contributed by atoms with van der Waals surface area (Å²) in [5.74, 6) is 0.0145. The zero-order valence-electron chi connectivity index (χ0n) is 13.8. The van der Waals surface area contributed by atoms with Crippen LogP contribution in [0.25, 0.3) is 0 Å². The Hall–Kier alpha value is -2.00. The Morgan fingerprint density at radius 2 is 1.71 bits per heavy atom. The second-order valence-electron chi connectivity index (χ2n) is 6.23. The Labute approximate surface area is 148 Å². The van der Waals surface area contributed by atoms with Crippen LogP contribution in [-0.2, 0) is 11.2 Å². The van der Waals surface area contributed by atoms with Crippen LogP contribution in [0.3, 0.4) is 0 Å². The summed E-state index contributed by atoms with van der Waals surface area (Å²) in [6, 6.07) is 15.8. The highest BCUT2D eigenvalue weighted by Crippen LogP contribution is 2.22. The van der Waals surface area contributed by atoms with Crippen molar-refractivity contribution in [2.75, 3.05) is 23.3 Å². The van der Waals surface area contributed by atoms with Crippen molar-refractivity contribution in [1.29, 1.82) is 0 Å². The number of nitrogens with zero attached hydrogens (tertiary/aromatic N) is 1. The highest BCUT2D eigenvalue weighted by atomic mass is 35.5.